The van der Waals surface area contributed by atoms with Gasteiger partial charge >= 0.3 is 0 Å². The van der Waals surface area contributed by atoms with E-state index in [-0.39, 0.29) is 0 Å². The molecule has 2 N–H and O–H groups in total. The van der Waals surface area contributed by atoms with Gasteiger partial charge in [-0.3, -0.25) is 9.80 Å². The van der Waals surface area contributed by atoms with E-state index in [1.165, 1.54) is 5.56 Å². The Morgan fingerprint density at radius 2 is 1.89 bits per heavy atom. The van der Waals surface area contributed by atoms with Crippen molar-refractivity contribution in [2.45, 2.75) is 32.5 Å². The summed E-state index contributed by atoms with van der Waals surface area (Å²) in [6.45, 7) is 7.73. The Bertz CT molecular complexity index is 423. The highest BCUT2D eigenvalue weighted by Gasteiger charge is 2.26. The van der Waals surface area contributed by atoms with Gasteiger partial charge in [0.15, 0.2) is 0 Å². The van der Waals surface area contributed by atoms with Gasteiger partial charge in [0.2, 0.25) is 0 Å². The summed E-state index contributed by atoms with van der Waals surface area (Å²) >= 11 is 0. The Morgan fingerprint density at radius 1 is 1.26 bits per heavy atom. The van der Waals surface area contributed by atoms with Gasteiger partial charge in [-0.15, -0.1) is 0 Å². The highest BCUT2D eigenvalue weighted by molar-refractivity contribution is 5.54. The van der Waals surface area contributed by atoms with E-state index >= 15 is 0 Å². The molecule has 0 aromatic heterocycles. The number of nitrogen functional groups attached to an aromatic ring is 1. The topological polar surface area (TPSA) is 41.7 Å². The second-order valence-electron chi connectivity index (χ2n) is 5.63. The molecule has 0 amide bonds. The number of likely N-dealkylation sites (N-methyl/N-ethyl adjacent to an activating group) is 1. The Labute approximate surface area is 116 Å². The zero-order valence-electron chi connectivity index (χ0n) is 12.4. The zero-order valence-corrected chi connectivity index (χ0v) is 12.4. The number of hydrogen-bond acceptors (Lipinski definition) is 4. The third-order valence-corrected chi connectivity index (χ3v) is 4.14. The fraction of sp³-hybridized carbons (Fsp3) is 0.600. The fourth-order valence-electron chi connectivity index (χ4n) is 2.78. The summed E-state index contributed by atoms with van der Waals surface area (Å²) in [6.07, 6.45) is 0. The Balaban J connectivity index is 2.03. The molecule has 1 fully saturated rings. The van der Waals surface area contributed by atoms with Crippen LogP contribution in [0.15, 0.2) is 18.2 Å². The normalized spacial score (nSPS) is 25.5. The molecule has 2 rings (SSSR count). The second-order valence-corrected chi connectivity index (χ2v) is 5.63. The van der Waals surface area contributed by atoms with Crippen molar-refractivity contribution in [1.29, 1.82) is 0 Å². The quantitative estimate of drug-likeness (QED) is 0.844. The first-order valence-electron chi connectivity index (χ1n) is 6.88. The summed E-state index contributed by atoms with van der Waals surface area (Å²) in [5.41, 5.74) is 7.93. The first kappa shape index (κ1) is 14.2. The molecule has 4 heteroatoms. The van der Waals surface area contributed by atoms with Gasteiger partial charge in [-0.1, -0.05) is 6.07 Å². The molecule has 0 spiro atoms. The van der Waals surface area contributed by atoms with Crippen LogP contribution in [0.5, 0.6) is 5.75 Å². The van der Waals surface area contributed by atoms with Crippen LogP contribution in [0.3, 0.4) is 0 Å². The van der Waals surface area contributed by atoms with Gasteiger partial charge in [-0.2, -0.15) is 0 Å². The Kier molecular flexibility index (Phi) is 4.32. The average molecular weight is 263 g/mol. The minimum absolute atomic E-state index is 0.597. The molecule has 2 atom stereocenters. The van der Waals surface area contributed by atoms with E-state index in [1.807, 2.05) is 12.1 Å². The number of nitrogens with two attached hydrogens (primary N) is 1. The summed E-state index contributed by atoms with van der Waals surface area (Å²) in [5, 5.41) is 0. The molecule has 1 aliphatic heterocycles. The van der Waals surface area contributed by atoms with Crippen molar-refractivity contribution in [1.82, 2.24) is 9.80 Å². The van der Waals surface area contributed by atoms with Crippen LogP contribution in [0.2, 0.25) is 0 Å². The lowest BCUT2D eigenvalue weighted by Crippen LogP contribution is -2.54. The number of piperazine rings is 1. The summed E-state index contributed by atoms with van der Waals surface area (Å²) in [4.78, 5) is 4.94. The van der Waals surface area contributed by atoms with Gasteiger partial charge in [-0.25, -0.2) is 0 Å². The third kappa shape index (κ3) is 3.19. The largest absolute Gasteiger partial charge is 0.495 e. The highest BCUT2D eigenvalue weighted by atomic mass is 16.5. The molecule has 1 saturated heterocycles. The molecule has 1 aromatic carbocycles. The molecular formula is C15H25N3O. The van der Waals surface area contributed by atoms with Crippen LogP contribution < -0.4 is 10.5 Å². The SMILES string of the molecule is COc1ccc(CN2CC(C)N(C)C(C)C2)cc1N. The van der Waals surface area contributed by atoms with Crippen LogP contribution >= 0.6 is 0 Å². The molecule has 0 bridgehead atoms. The zero-order chi connectivity index (χ0) is 14.0. The molecule has 1 aromatic rings. The lowest BCUT2D eigenvalue weighted by atomic mass is 10.1. The first-order valence-corrected chi connectivity index (χ1v) is 6.88. The third-order valence-electron chi connectivity index (χ3n) is 4.14. The smallest absolute Gasteiger partial charge is 0.141 e. The summed E-state index contributed by atoms with van der Waals surface area (Å²) in [7, 11) is 3.85. The number of anilines is 1. The van der Waals surface area contributed by atoms with E-state index in [0.717, 1.165) is 31.1 Å². The van der Waals surface area contributed by atoms with Crippen molar-refractivity contribution in [3.05, 3.63) is 23.8 Å². The predicted molar refractivity (Wildman–Crippen MR) is 79.4 cm³/mol. The summed E-state index contributed by atoms with van der Waals surface area (Å²) < 4.78 is 5.19. The van der Waals surface area contributed by atoms with Crippen LogP contribution in [0.4, 0.5) is 5.69 Å². The Hall–Kier alpha value is -1.26. The molecule has 4 nitrogen and oxygen atoms in total. The van der Waals surface area contributed by atoms with Crippen LogP contribution in [-0.4, -0.2) is 49.1 Å². The fourth-order valence-corrected chi connectivity index (χ4v) is 2.78. The maximum atomic E-state index is 5.96. The van der Waals surface area contributed by atoms with Gasteiger partial charge in [0.05, 0.1) is 12.8 Å². The lowest BCUT2D eigenvalue weighted by molar-refractivity contribution is 0.0556. The van der Waals surface area contributed by atoms with E-state index in [9.17, 15) is 0 Å². The molecule has 1 heterocycles. The first-order chi connectivity index (χ1) is 9.01. The number of ether oxygens (including phenoxy) is 1. The molecule has 2 unspecified atom stereocenters. The second kappa shape index (κ2) is 5.80. The molecule has 1 aliphatic rings. The molecule has 0 aliphatic carbocycles. The minimum Gasteiger partial charge on any atom is -0.495 e. The van der Waals surface area contributed by atoms with Gasteiger partial charge in [0.25, 0.3) is 0 Å². The minimum atomic E-state index is 0.597. The summed E-state index contributed by atoms with van der Waals surface area (Å²) in [5.74, 6) is 0.754. The number of benzene rings is 1. The maximum absolute atomic E-state index is 5.96. The van der Waals surface area contributed by atoms with E-state index in [2.05, 4.69) is 36.8 Å². The average Bonchev–Trinajstić information content (AvgIpc) is 2.36. The van der Waals surface area contributed by atoms with Crippen LogP contribution in [-0.2, 0) is 6.54 Å². The van der Waals surface area contributed by atoms with Crippen LogP contribution in [0, 0.1) is 0 Å². The summed E-state index contributed by atoms with van der Waals surface area (Å²) in [6, 6.07) is 7.27. The van der Waals surface area contributed by atoms with Crippen molar-refractivity contribution >= 4 is 5.69 Å². The molecular weight excluding hydrogens is 238 g/mol. The molecule has 0 saturated carbocycles. The van der Waals surface area contributed by atoms with Crippen LogP contribution in [0.1, 0.15) is 19.4 Å². The maximum Gasteiger partial charge on any atom is 0.141 e. The molecule has 0 radical (unpaired) electrons. The molecule has 106 valence electrons. The number of rotatable bonds is 3. The van der Waals surface area contributed by atoms with E-state index in [0.29, 0.717) is 12.1 Å². The molecule has 19 heavy (non-hydrogen) atoms. The van der Waals surface area contributed by atoms with Gasteiger partial charge in [-0.05, 0) is 38.6 Å². The van der Waals surface area contributed by atoms with Crippen molar-refractivity contribution in [3.63, 3.8) is 0 Å². The van der Waals surface area contributed by atoms with Crippen molar-refractivity contribution < 1.29 is 4.74 Å². The standard InChI is InChI=1S/C15H25N3O/c1-11-8-18(9-12(2)17(11)3)10-13-5-6-15(19-4)14(16)7-13/h5-7,11-12H,8-10,16H2,1-4H3. The number of hydrogen-bond donors (Lipinski definition) is 1. The van der Waals surface area contributed by atoms with Crippen molar-refractivity contribution in [2.24, 2.45) is 0 Å². The Morgan fingerprint density at radius 3 is 2.42 bits per heavy atom. The predicted octanol–water partition coefficient (Wildman–Crippen LogP) is 1.80. The van der Waals surface area contributed by atoms with Crippen molar-refractivity contribution in [3.8, 4) is 5.75 Å². The van der Waals surface area contributed by atoms with Gasteiger partial charge in [0.1, 0.15) is 5.75 Å². The number of methoxy groups -OCH3 is 1. The van der Waals surface area contributed by atoms with E-state index in [1.54, 1.807) is 7.11 Å². The van der Waals surface area contributed by atoms with Gasteiger partial charge in [0, 0.05) is 31.7 Å². The highest BCUT2D eigenvalue weighted by Crippen LogP contribution is 2.23. The van der Waals surface area contributed by atoms with Gasteiger partial charge < -0.3 is 10.5 Å². The van der Waals surface area contributed by atoms with E-state index in [4.69, 9.17) is 10.5 Å². The van der Waals surface area contributed by atoms with Crippen molar-refractivity contribution in [2.75, 3.05) is 33.0 Å². The van der Waals surface area contributed by atoms with E-state index < -0.39 is 0 Å². The number of nitrogens with zero attached hydrogens (tertiary/aromatic N) is 2. The monoisotopic (exact) mass is 263 g/mol. The lowest BCUT2D eigenvalue weighted by Gasteiger charge is -2.42. The van der Waals surface area contributed by atoms with Crippen LogP contribution in [0.25, 0.3) is 0 Å².